The number of sulfonamides is 1. The van der Waals surface area contributed by atoms with Crippen molar-refractivity contribution in [1.82, 2.24) is 10.0 Å². The summed E-state index contributed by atoms with van der Waals surface area (Å²) in [5, 5.41) is 5.69. The van der Waals surface area contributed by atoms with Crippen LogP contribution in [0.3, 0.4) is 0 Å². The predicted molar refractivity (Wildman–Crippen MR) is 90.9 cm³/mol. The van der Waals surface area contributed by atoms with E-state index in [1.807, 2.05) is 13.8 Å². The predicted octanol–water partition coefficient (Wildman–Crippen LogP) is 1.59. The van der Waals surface area contributed by atoms with Crippen molar-refractivity contribution in [3.8, 4) is 0 Å². The average molecular weight is 350 g/mol. The molecule has 0 bridgehead atoms. The van der Waals surface area contributed by atoms with Gasteiger partial charge in [-0.15, -0.1) is 12.4 Å². The standard InChI is InChI=1S/C14H23N3O3S.ClH/c1-4-9-16-21(19,20)13-7-5-12(6-8-13)17-14(18)11(2)10-15-3;/h5-8,11,15-16H,4,9-10H2,1-3H3,(H,17,18);1H. The van der Waals surface area contributed by atoms with Crippen LogP contribution in [-0.2, 0) is 14.8 Å². The van der Waals surface area contributed by atoms with E-state index in [2.05, 4.69) is 15.4 Å². The lowest BCUT2D eigenvalue weighted by Gasteiger charge is -2.12. The van der Waals surface area contributed by atoms with Crippen molar-refractivity contribution in [2.75, 3.05) is 25.5 Å². The van der Waals surface area contributed by atoms with Crippen molar-refractivity contribution in [2.45, 2.75) is 25.2 Å². The molecule has 126 valence electrons. The number of anilines is 1. The van der Waals surface area contributed by atoms with Gasteiger partial charge in [-0.25, -0.2) is 13.1 Å². The van der Waals surface area contributed by atoms with E-state index in [-0.39, 0.29) is 29.1 Å². The van der Waals surface area contributed by atoms with E-state index in [1.165, 1.54) is 12.1 Å². The van der Waals surface area contributed by atoms with Crippen LogP contribution in [0.15, 0.2) is 29.2 Å². The molecule has 0 spiro atoms. The molecule has 1 amide bonds. The molecule has 0 saturated heterocycles. The number of carbonyl (C=O) groups excluding carboxylic acids is 1. The van der Waals surface area contributed by atoms with Gasteiger partial charge in [-0.3, -0.25) is 4.79 Å². The molecular weight excluding hydrogens is 326 g/mol. The van der Waals surface area contributed by atoms with Gasteiger partial charge in [0.1, 0.15) is 0 Å². The number of hydrogen-bond acceptors (Lipinski definition) is 4. The third-order valence-corrected chi connectivity index (χ3v) is 4.41. The Balaban J connectivity index is 0.00000441. The molecule has 1 rings (SSSR count). The van der Waals surface area contributed by atoms with Crippen LogP contribution in [0.2, 0.25) is 0 Å². The Hall–Kier alpha value is -1.15. The molecule has 0 aliphatic carbocycles. The summed E-state index contributed by atoms with van der Waals surface area (Å²) < 4.78 is 26.3. The number of halogens is 1. The van der Waals surface area contributed by atoms with Crippen LogP contribution < -0.4 is 15.4 Å². The number of carbonyl (C=O) groups is 1. The van der Waals surface area contributed by atoms with Gasteiger partial charge in [-0.1, -0.05) is 13.8 Å². The van der Waals surface area contributed by atoms with Crippen LogP contribution in [0.5, 0.6) is 0 Å². The van der Waals surface area contributed by atoms with Crippen LogP contribution >= 0.6 is 12.4 Å². The van der Waals surface area contributed by atoms with Crippen molar-refractivity contribution in [3.63, 3.8) is 0 Å². The topological polar surface area (TPSA) is 87.3 Å². The number of hydrogen-bond donors (Lipinski definition) is 3. The summed E-state index contributed by atoms with van der Waals surface area (Å²) in [4.78, 5) is 12.0. The SMILES string of the molecule is CCCNS(=O)(=O)c1ccc(NC(=O)C(C)CNC)cc1.Cl. The Kier molecular flexibility index (Phi) is 9.27. The molecular formula is C14H24ClN3O3S. The lowest BCUT2D eigenvalue weighted by molar-refractivity contribution is -0.119. The number of amides is 1. The molecule has 1 unspecified atom stereocenters. The number of benzene rings is 1. The number of nitrogens with one attached hydrogen (secondary N) is 3. The fourth-order valence-electron chi connectivity index (χ4n) is 1.70. The van der Waals surface area contributed by atoms with Crippen LogP contribution in [0.1, 0.15) is 20.3 Å². The van der Waals surface area contributed by atoms with Gasteiger partial charge in [0.05, 0.1) is 4.90 Å². The van der Waals surface area contributed by atoms with Gasteiger partial charge in [-0.2, -0.15) is 0 Å². The second kappa shape index (κ2) is 9.78. The van der Waals surface area contributed by atoms with E-state index in [9.17, 15) is 13.2 Å². The minimum atomic E-state index is -3.47. The summed E-state index contributed by atoms with van der Waals surface area (Å²) in [6.07, 6.45) is 0.733. The maximum atomic E-state index is 11.9. The minimum absolute atomic E-state index is 0. The Bertz CT molecular complexity index is 561. The summed E-state index contributed by atoms with van der Waals surface area (Å²) in [5.41, 5.74) is 0.581. The molecule has 0 aliphatic rings. The Morgan fingerprint density at radius 1 is 1.23 bits per heavy atom. The average Bonchev–Trinajstić information content (AvgIpc) is 2.46. The highest BCUT2D eigenvalue weighted by molar-refractivity contribution is 7.89. The zero-order valence-corrected chi connectivity index (χ0v) is 14.7. The molecule has 0 aromatic heterocycles. The van der Waals surface area contributed by atoms with Crippen LogP contribution in [0, 0.1) is 5.92 Å². The van der Waals surface area contributed by atoms with Gasteiger partial charge in [0.25, 0.3) is 0 Å². The molecule has 0 radical (unpaired) electrons. The molecule has 1 aromatic rings. The number of rotatable bonds is 8. The van der Waals surface area contributed by atoms with E-state index in [0.29, 0.717) is 18.8 Å². The third-order valence-electron chi connectivity index (χ3n) is 2.93. The molecule has 22 heavy (non-hydrogen) atoms. The Morgan fingerprint density at radius 3 is 2.32 bits per heavy atom. The first-order valence-corrected chi connectivity index (χ1v) is 8.44. The molecule has 0 aliphatic heterocycles. The van der Waals surface area contributed by atoms with Gasteiger partial charge in [0, 0.05) is 24.7 Å². The summed E-state index contributed by atoms with van der Waals surface area (Å²) in [7, 11) is -1.68. The largest absolute Gasteiger partial charge is 0.326 e. The van der Waals surface area contributed by atoms with Crippen molar-refractivity contribution < 1.29 is 13.2 Å². The molecule has 1 atom stereocenters. The Labute approximate surface area is 138 Å². The van der Waals surface area contributed by atoms with Gasteiger partial charge >= 0.3 is 0 Å². The fraction of sp³-hybridized carbons (Fsp3) is 0.500. The van der Waals surface area contributed by atoms with E-state index >= 15 is 0 Å². The minimum Gasteiger partial charge on any atom is -0.326 e. The van der Waals surface area contributed by atoms with Gasteiger partial charge in [-0.05, 0) is 37.7 Å². The first-order chi connectivity index (χ1) is 9.90. The van der Waals surface area contributed by atoms with E-state index in [4.69, 9.17) is 0 Å². The summed E-state index contributed by atoms with van der Waals surface area (Å²) >= 11 is 0. The highest BCUT2D eigenvalue weighted by atomic mass is 35.5. The van der Waals surface area contributed by atoms with Crippen molar-refractivity contribution in [2.24, 2.45) is 5.92 Å². The molecule has 1 aromatic carbocycles. The first kappa shape index (κ1) is 20.9. The van der Waals surface area contributed by atoms with E-state index in [1.54, 1.807) is 19.2 Å². The van der Waals surface area contributed by atoms with Crippen molar-refractivity contribution in [3.05, 3.63) is 24.3 Å². The molecule has 0 saturated carbocycles. The molecule has 6 nitrogen and oxygen atoms in total. The summed E-state index contributed by atoms with van der Waals surface area (Å²) in [5.74, 6) is -0.270. The maximum Gasteiger partial charge on any atom is 0.240 e. The third kappa shape index (κ3) is 6.31. The highest BCUT2D eigenvalue weighted by Gasteiger charge is 2.14. The summed E-state index contributed by atoms with van der Waals surface area (Å²) in [6.45, 7) is 4.70. The normalized spacial score (nSPS) is 12.3. The monoisotopic (exact) mass is 349 g/mol. The fourth-order valence-corrected chi connectivity index (χ4v) is 2.84. The lowest BCUT2D eigenvalue weighted by Crippen LogP contribution is -2.28. The Morgan fingerprint density at radius 2 is 1.82 bits per heavy atom. The quantitative estimate of drug-likeness (QED) is 0.665. The van der Waals surface area contributed by atoms with Gasteiger partial charge < -0.3 is 10.6 Å². The van der Waals surface area contributed by atoms with Crippen LogP contribution in [0.25, 0.3) is 0 Å². The second-order valence-electron chi connectivity index (χ2n) is 4.87. The smallest absolute Gasteiger partial charge is 0.240 e. The zero-order valence-electron chi connectivity index (χ0n) is 13.0. The highest BCUT2D eigenvalue weighted by Crippen LogP contribution is 2.14. The van der Waals surface area contributed by atoms with Crippen LogP contribution in [-0.4, -0.2) is 34.5 Å². The second-order valence-corrected chi connectivity index (χ2v) is 6.64. The van der Waals surface area contributed by atoms with E-state index in [0.717, 1.165) is 6.42 Å². The molecule has 0 fully saturated rings. The first-order valence-electron chi connectivity index (χ1n) is 6.96. The molecule has 8 heteroatoms. The maximum absolute atomic E-state index is 11.9. The summed E-state index contributed by atoms with van der Waals surface area (Å²) in [6, 6.07) is 6.14. The van der Waals surface area contributed by atoms with Crippen molar-refractivity contribution in [1.29, 1.82) is 0 Å². The van der Waals surface area contributed by atoms with E-state index < -0.39 is 10.0 Å². The van der Waals surface area contributed by atoms with Gasteiger partial charge in [0.2, 0.25) is 15.9 Å². The lowest BCUT2D eigenvalue weighted by atomic mass is 10.1. The molecule has 0 heterocycles. The van der Waals surface area contributed by atoms with Crippen LogP contribution in [0.4, 0.5) is 5.69 Å². The van der Waals surface area contributed by atoms with Crippen molar-refractivity contribution >= 4 is 34.0 Å². The molecule has 3 N–H and O–H groups in total. The zero-order chi connectivity index (χ0) is 15.9. The van der Waals surface area contributed by atoms with Gasteiger partial charge in [0.15, 0.2) is 0 Å².